The maximum absolute atomic E-state index is 11.9. The van der Waals surface area contributed by atoms with E-state index < -0.39 is 0 Å². The third-order valence-corrected chi connectivity index (χ3v) is 3.50. The standard InChI is InChI=1S/C13H17BrN2O/c14-11-5-3-4-10(8-11)13(17)16-9-12-6-1-2-7-15-12/h3-5,8,12,15H,1-2,6-7,9H2,(H,16,17). The normalized spacial score (nSPS) is 19.9. The molecule has 0 spiro atoms. The van der Waals surface area contributed by atoms with Crippen LogP contribution >= 0.6 is 15.9 Å². The molecule has 0 aliphatic carbocycles. The third kappa shape index (κ3) is 3.82. The van der Waals surface area contributed by atoms with Gasteiger partial charge in [-0.3, -0.25) is 4.79 Å². The van der Waals surface area contributed by atoms with Crippen LogP contribution in [0.15, 0.2) is 28.7 Å². The summed E-state index contributed by atoms with van der Waals surface area (Å²) in [6, 6.07) is 7.88. The monoisotopic (exact) mass is 296 g/mol. The second-order valence-corrected chi connectivity index (χ2v) is 5.28. The van der Waals surface area contributed by atoms with E-state index in [1.807, 2.05) is 24.3 Å². The minimum Gasteiger partial charge on any atom is -0.350 e. The number of halogens is 1. The number of hydrogen-bond acceptors (Lipinski definition) is 2. The van der Waals surface area contributed by atoms with Crippen LogP contribution in [0.3, 0.4) is 0 Å². The number of benzene rings is 1. The van der Waals surface area contributed by atoms with Crippen molar-refractivity contribution in [2.45, 2.75) is 25.3 Å². The van der Waals surface area contributed by atoms with E-state index in [-0.39, 0.29) is 5.91 Å². The smallest absolute Gasteiger partial charge is 0.251 e. The number of carbonyl (C=O) groups excluding carboxylic acids is 1. The lowest BCUT2D eigenvalue weighted by Crippen LogP contribution is -2.43. The average molecular weight is 297 g/mol. The fourth-order valence-corrected chi connectivity index (χ4v) is 2.45. The van der Waals surface area contributed by atoms with Crippen molar-refractivity contribution in [3.8, 4) is 0 Å². The molecule has 0 radical (unpaired) electrons. The first-order valence-electron chi connectivity index (χ1n) is 6.03. The van der Waals surface area contributed by atoms with Gasteiger partial charge in [0.05, 0.1) is 0 Å². The minimum absolute atomic E-state index is 0.00123. The number of piperidine rings is 1. The lowest BCUT2D eigenvalue weighted by molar-refractivity contribution is 0.0947. The van der Waals surface area contributed by atoms with Crippen molar-refractivity contribution < 1.29 is 4.79 Å². The summed E-state index contributed by atoms with van der Waals surface area (Å²) < 4.78 is 0.931. The number of rotatable bonds is 3. The van der Waals surface area contributed by atoms with Gasteiger partial charge in [0.15, 0.2) is 0 Å². The molecule has 1 atom stereocenters. The second-order valence-electron chi connectivity index (χ2n) is 4.37. The summed E-state index contributed by atoms with van der Waals surface area (Å²) in [4.78, 5) is 11.9. The molecule has 17 heavy (non-hydrogen) atoms. The molecule has 1 heterocycles. The largest absolute Gasteiger partial charge is 0.350 e. The van der Waals surface area contributed by atoms with E-state index in [1.165, 1.54) is 12.8 Å². The summed E-state index contributed by atoms with van der Waals surface area (Å²) in [5, 5.41) is 6.39. The number of amides is 1. The summed E-state index contributed by atoms with van der Waals surface area (Å²) in [6.07, 6.45) is 3.65. The van der Waals surface area contributed by atoms with E-state index in [1.54, 1.807) is 0 Å². The predicted molar refractivity (Wildman–Crippen MR) is 72.1 cm³/mol. The van der Waals surface area contributed by atoms with E-state index in [9.17, 15) is 4.79 Å². The highest BCUT2D eigenvalue weighted by Gasteiger charge is 2.13. The van der Waals surface area contributed by atoms with Gasteiger partial charge in [-0.1, -0.05) is 28.4 Å². The molecule has 4 heteroatoms. The Morgan fingerprint density at radius 2 is 2.35 bits per heavy atom. The summed E-state index contributed by atoms with van der Waals surface area (Å²) in [7, 11) is 0. The maximum atomic E-state index is 11.9. The zero-order chi connectivity index (χ0) is 12.1. The molecule has 1 aliphatic heterocycles. The fourth-order valence-electron chi connectivity index (χ4n) is 2.05. The Labute approximate surface area is 110 Å². The van der Waals surface area contributed by atoms with Crippen LogP contribution in [-0.2, 0) is 0 Å². The average Bonchev–Trinajstić information content (AvgIpc) is 2.37. The Morgan fingerprint density at radius 3 is 3.06 bits per heavy atom. The van der Waals surface area contributed by atoms with Crippen molar-refractivity contribution in [3.05, 3.63) is 34.3 Å². The molecule has 1 aliphatic rings. The lowest BCUT2D eigenvalue weighted by atomic mass is 10.1. The highest BCUT2D eigenvalue weighted by Crippen LogP contribution is 2.11. The Hall–Kier alpha value is -0.870. The Balaban J connectivity index is 1.84. The van der Waals surface area contributed by atoms with Gasteiger partial charge in [-0.15, -0.1) is 0 Å². The molecule has 2 rings (SSSR count). The van der Waals surface area contributed by atoms with Gasteiger partial charge < -0.3 is 10.6 Å². The minimum atomic E-state index is -0.00123. The van der Waals surface area contributed by atoms with Gasteiger partial charge in [0.2, 0.25) is 0 Å². The quantitative estimate of drug-likeness (QED) is 0.899. The first-order chi connectivity index (χ1) is 8.25. The van der Waals surface area contributed by atoms with Crippen LogP contribution in [0.2, 0.25) is 0 Å². The third-order valence-electron chi connectivity index (χ3n) is 3.01. The van der Waals surface area contributed by atoms with Gasteiger partial charge >= 0.3 is 0 Å². The molecule has 0 aromatic heterocycles. The Kier molecular flexibility index (Phi) is 4.57. The number of carbonyl (C=O) groups is 1. The van der Waals surface area contributed by atoms with Gasteiger partial charge in [-0.25, -0.2) is 0 Å². The molecular weight excluding hydrogens is 280 g/mol. The van der Waals surface area contributed by atoms with Crippen molar-refractivity contribution in [1.29, 1.82) is 0 Å². The Bertz CT molecular complexity index is 389. The molecule has 1 aromatic carbocycles. The zero-order valence-corrected chi connectivity index (χ0v) is 11.3. The van der Waals surface area contributed by atoms with Crippen LogP contribution in [0.4, 0.5) is 0 Å². The van der Waals surface area contributed by atoms with Crippen molar-refractivity contribution in [1.82, 2.24) is 10.6 Å². The second kappa shape index (κ2) is 6.17. The molecule has 0 bridgehead atoms. The lowest BCUT2D eigenvalue weighted by Gasteiger charge is -2.23. The van der Waals surface area contributed by atoms with Crippen LogP contribution in [0.25, 0.3) is 0 Å². The SMILES string of the molecule is O=C(NCC1CCCCN1)c1cccc(Br)c1. The van der Waals surface area contributed by atoms with E-state index >= 15 is 0 Å². The molecule has 1 fully saturated rings. The van der Waals surface area contributed by atoms with Crippen molar-refractivity contribution >= 4 is 21.8 Å². The first kappa shape index (κ1) is 12.6. The van der Waals surface area contributed by atoms with Crippen LogP contribution in [0.5, 0.6) is 0 Å². The van der Waals surface area contributed by atoms with Gasteiger partial charge in [0, 0.05) is 22.6 Å². The predicted octanol–water partition coefficient (Wildman–Crippen LogP) is 2.32. The molecule has 2 N–H and O–H groups in total. The topological polar surface area (TPSA) is 41.1 Å². The molecule has 1 unspecified atom stereocenters. The number of nitrogens with one attached hydrogen (secondary N) is 2. The molecular formula is C13H17BrN2O. The maximum Gasteiger partial charge on any atom is 0.251 e. The molecule has 1 amide bonds. The van der Waals surface area contributed by atoms with Crippen molar-refractivity contribution in [2.75, 3.05) is 13.1 Å². The van der Waals surface area contributed by atoms with E-state index in [0.29, 0.717) is 18.2 Å². The summed E-state index contributed by atoms with van der Waals surface area (Å²) in [5.41, 5.74) is 0.704. The summed E-state index contributed by atoms with van der Waals surface area (Å²) in [6.45, 7) is 1.78. The van der Waals surface area contributed by atoms with Crippen molar-refractivity contribution in [2.24, 2.45) is 0 Å². The highest BCUT2D eigenvalue weighted by atomic mass is 79.9. The van der Waals surface area contributed by atoms with E-state index in [0.717, 1.165) is 17.4 Å². The van der Waals surface area contributed by atoms with Gasteiger partial charge in [0.25, 0.3) is 5.91 Å². The molecule has 0 saturated carbocycles. The molecule has 1 saturated heterocycles. The number of hydrogen-bond donors (Lipinski definition) is 2. The van der Waals surface area contributed by atoms with Crippen LogP contribution in [-0.4, -0.2) is 25.0 Å². The van der Waals surface area contributed by atoms with E-state index in [4.69, 9.17) is 0 Å². The van der Waals surface area contributed by atoms with Crippen molar-refractivity contribution in [3.63, 3.8) is 0 Å². The molecule has 92 valence electrons. The van der Waals surface area contributed by atoms with E-state index in [2.05, 4.69) is 26.6 Å². The van der Waals surface area contributed by atoms with Gasteiger partial charge in [-0.2, -0.15) is 0 Å². The fraction of sp³-hybridized carbons (Fsp3) is 0.462. The van der Waals surface area contributed by atoms with Crippen LogP contribution in [0.1, 0.15) is 29.6 Å². The molecule has 1 aromatic rings. The zero-order valence-electron chi connectivity index (χ0n) is 9.71. The molecule has 3 nitrogen and oxygen atoms in total. The summed E-state index contributed by atoms with van der Waals surface area (Å²) >= 11 is 3.37. The Morgan fingerprint density at radius 1 is 1.47 bits per heavy atom. The first-order valence-corrected chi connectivity index (χ1v) is 6.82. The summed E-state index contributed by atoms with van der Waals surface area (Å²) in [5.74, 6) is -0.00123. The van der Waals surface area contributed by atoms with Gasteiger partial charge in [-0.05, 0) is 37.6 Å². The van der Waals surface area contributed by atoms with Crippen LogP contribution in [0, 0.1) is 0 Å². The van der Waals surface area contributed by atoms with Gasteiger partial charge in [0.1, 0.15) is 0 Å². The highest BCUT2D eigenvalue weighted by molar-refractivity contribution is 9.10. The van der Waals surface area contributed by atoms with Crippen LogP contribution < -0.4 is 10.6 Å².